The maximum Gasteiger partial charge on any atom is -0.0215 e. The first-order valence-electron chi connectivity index (χ1n) is 8.65. The van der Waals surface area contributed by atoms with E-state index in [0.717, 1.165) is 11.8 Å². The summed E-state index contributed by atoms with van der Waals surface area (Å²) in [5, 5.41) is 0. The van der Waals surface area contributed by atoms with Gasteiger partial charge in [-0.3, -0.25) is 0 Å². The molecule has 0 atom stereocenters. The first-order valence-corrected chi connectivity index (χ1v) is 9.54. The quantitative estimate of drug-likeness (QED) is 0.442. The smallest absolute Gasteiger partial charge is 0.0215 e. The summed E-state index contributed by atoms with van der Waals surface area (Å²) in [7, 11) is 0. The molecular formula is C18H42S. The van der Waals surface area contributed by atoms with Crippen LogP contribution < -0.4 is 0 Å². The van der Waals surface area contributed by atoms with E-state index in [4.69, 9.17) is 0 Å². The molecule has 2 aliphatic rings. The zero-order valence-electron chi connectivity index (χ0n) is 15.0. The molecule has 2 rings (SSSR count). The molecule has 0 aromatic heterocycles. The molecular weight excluding hydrogens is 248 g/mol. The van der Waals surface area contributed by atoms with E-state index in [1.54, 1.807) is 6.26 Å². The third-order valence-corrected chi connectivity index (χ3v) is 3.29. The van der Waals surface area contributed by atoms with Gasteiger partial charge >= 0.3 is 0 Å². The average Bonchev–Trinajstić information content (AvgIpc) is 3.10. The predicted molar refractivity (Wildman–Crippen MR) is 97.5 cm³/mol. The van der Waals surface area contributed by atoms with Crippen molar-refractivity contribution >= 4 is 12.6 Å². The summed E-state index contributed by atoms with van der Waals surface area (Å²) in [5.41, 5.74) is 0. The first-order chi connectivity index (χ1) is 9.20. The molecule has 2 saturated carbocycles. The van der Waals surface area contributed by atoms with Crippen molar-refractivity contribution in [2.45, 2.75) is 99.3 Å². The number of hydrogen-bond donors (Lipinski definition) is 1. The molecule has 0 heterocycles. The average molecular weight is 291 g/mol. The van der Waals surface area contributed by atoms with E-state index in [1.165, 1.54) is 57.8 Å². The fraction of sp³-hybridized carbons (Fsp3) is 1.00. The van der Waals surface area contributed by atoms with E-state index in [2.05, 4.69) is 40.3 Å². The van der Waals surface area contributed by atoms with Crippen LogP contribution in [0.2, 0.25) is 0 Å². The largest absolute Gasteiger partial charge is 0.183 e. The van der Waals surface area contributed by atoms with Crippen LogP contribution in [-0.2, 0) is 0 Å². The Morgan fingerprint density at radius 3 is 0.895 bits per heavy atom. The van der Waals surface area contributed by atoms with Crippen LogP contribution in [0, 0.1) is 11.8 Å². The Kier molecular flexibility index (Phi) is 30.1. The zero-order chi connectivity index (χ0) is 15.5. The highest BCUT2D eigenvalue weighted by Gasteiger charge is 2.07. The van der Waals surface area contributed by atoms with Crippen LogP contribution in [0.25, 0.3) is 0 Å². The van der Waals surface area contributed by atoms with Gasteiger partial charge in [-0.05, 0) is 18.1 Å². The van der Waals surface area contributed by atoms with Crippen LogP contribution in [0.4, 0.5) is 0 Å². The molecule has 0 unspecified atom stereocenters. The highest BCUT2D eigenvalue weighted by molar-refractivity contribution is 7.79. The molecule has 19 heavy (non-hydrogen) atoms. The number of thiol groups is 1. The van der Waals surface area contributed by atoms with E-state index >= 15 is 0 Å². The van der Waals surface area contributed by atoms with Gasteiger partial charge in [0, 0.05) is 0 Å². The molecule has 0 spiro atoms. The predicted octanol–water partition coefficient (Wildman–Crippen LogP) is 7.38. The Bertz CT molecular complexity index is 96.9. The Balaban J connectivity index is -0.000000187. The monoisotopic (exact) mass is 290 g/mol. The third kappa shape index (κ3) is 23.8. The maximum absolute atomic E-state index is 3.53. The van der Waals surface area contributed by atoms with Crippen LogP contribution in [0.3, 0.4) is 0 Å². The van der Waals surface area contributed by atoms with Gasteiger partial charge in [0.2, 0.25) is 0 Å². The van der Waals surface area contributed by atoms with Gasteiger partial charge in [0.25, 0.3) is 0 Å². The summed E-state index contributed by atoms with van der Waals surface area (Å²) in [6.45, 7) is 12.9. The Hall–Kier alpha value is 0.350. The van der Waals surface area contributed by atoms with E-state index in [9.17, 15) is 0 Å². The summed E-state index contributed by atoms with van der Waals surface area (Å²) in [6.07, 6.45) is 14.8. The molecule has 0 radical (unpaired) electrons. The summed E-state index contributed by atoms with van der Waals surface area (Å²) in [4.78, 5) is 0. The van der Waals surface area contributed by atoms with Crippen LogP contribution in [0.5, 0.6) is 0 Å². The molecule has 0 saturated heterocycles. The van der Waals surface area contributed by atoms with Gasteiger partial charge in [0.05, 0.1) is 0 Å². The Morgan fingerprint density at radius 2 is 0.842 bits per heavy atom. The lowest BCUT2D eigenvalue weighted by Crippen LogP contribution is -1.78. The molecule has 0 nitrogen and oxygen atoms in total. The molecule has 0 aromatic carbocycles. The highest BCUT2D eigenvalue weighted by atomic mass is 32.1. The van der Waals surface area contributed by atoms with Gasteiger partial charge in [0.1, 0.15) is 0 Å². The first kappa shape index (κ1) is 24.4. The summed E-state index contributed by atoms with van der Waals surface area (Å²) < 4.78 is 0. The van der Waals surface area contributed by atoms with Crippen molar-refractivity contribution in [3.63, 3.8) is 0 Å². The van der Waals surface area contributed by atoms with Crippen molar-refractivity contribution in [1.29, 1.82) is 0 Å². The van der Waals surface area contributed by atoms with E-state index in [-0.39, 0.29) is 0 Å². The van der Waals surface area contributed by atoms with Crippen molar-refractivity contribution in [2.75, 3.05) is 6.26 Å². The minimum Gasteiger partial charge on any atom is -0.183 e. The second-order valence-corrected chi connectivity index (χ2v) is 5.49. The lowest BCUT2D eigenvalue weighted by atomic mass is 10.2. The summed E-state index contributed by atoms with van der Waals surface area (Å²) in [6, 6.07) is 0. The van der Waals surface area contributed by atoms with Gasteiger partial charge < -0.3 is 0 Å². The minimum atomic E-state index is 1.05. The standard InChI is InChI=1S/2C6H12.C3H8.C2H6.CH4S/c2*1-6-4-2-3-5-6;1-3-2;2*1-2/h2*6H,2-5H2,1H3;3H2,1-2H3;1-2H3;2H,1H3. The van der Waals surface area contributed by atoms with Gasteiger partial charge in [0.15, 0.2) is 0 Å². The molecule has 0 amide bonds. The minimum absolute atomic E-state index is 1.05. The van der Waals surface area contributed by atoms with Crippen LogP contribution in [0.1, 0.15) is 99.3 Å². The van der Waals surface area contributed by atoms with Gasteiger partial charge in [-0.1, -0.05) is 99.3 Å². The fourth-order valence-corrected chi connectivity index (χ4v) is 2.26. The highest BCUT2D eigenvalue weighted by Crippen LogP contribution is 2.23. The summed E-state index contributed by atoms with van der Waals surface area (Å²) in [5.74, 6) is 2.09. The molecule has 0 aromatic rings. The van der Waals surface area contributed by atoms with E-state index < -0.39 is 0 Å². The lowest BCUT2D eigenvalue weighted by Gasteiger charge is -1.91. The Labute approximate surface area is 130 Å². The zero-order valence-corrected chi connectivity index (χ0v) is 15.9. The van der Waals surface area contributed by atoms with E-state index in [1.807, 2.05) is 13.8 Å². The van der Waals surface area contributed by atoms with Crippen molar-refractivity contribution in [3.05, 3.63) is 0 Å². The molecule has 0 bridgehead atoms. The normalized spacial score (nSPS) is 17.7. The maximum atomic E-state index is 3.53. The van der Waals surface area contributed by atoms with Crippen molar-refractivity contribution < 1.29 is 0 Å². The summed E-state index contributed by atoms with van der Waals surface area (Å²) >= 11 is 3.53. The topological polar surface area (TPSA) is 0 Å². The van der Waals surface area contributed by atoms with Crippen LogP contribution in [-0.4, -0.2) is 6.26 Å². The Morgan fingerprint density at radius 1 is 0.684 bits per heavy atom. The second kappa shape index (κ2) is 23.4. The van der Waals surface area contributed by atoms with Gasteiger partial charge in [-0.15, -0.1) is 0 Å². The molecule has 120 valence electrons. The number of hydrogen-bond acceptors (Lipinski definition) is 1. The number of rotatable bonds is 0. The molecule has 2 fully saturated rings. The molecule has 0 aliphatic heterocycles. The van der Waals surface area contributed by atoms with Crippen molar-refractivity contribution in [3.8, 4) is 0 Å². The second-order valence-electron chi connectivity index (χ2n) is 5.49. The third-order valence-electron chi connectivity index (χ3n) is 3.29. The van der Waals surface area contributed by atoms with E-state index in [0.29, 0.717) is 0 Å². The van der Waals surface area contributed by atoms with Gasteiger partial charge in [-0.25, -0.2) is 0 Å². The van der Waals surface area contributed by atoms with Crippen molar-refractivity contribution in [1.82, 2.24) is 0 Å². The molecule has 1 heteroatoms. The van der Waals surface area contributed by atoms with Crippen LogP contribution in [0.15, 0.2) is 0 Å². The fourth-order valence-electron chi connectivity index (χ4n) is 2.26. The molecule has 0 N–H and O–H groups in total. The SMILES string of the molecule is CC.CC1CCCC1.CC1CCCC1.CCC.CS. The molecule has 2 aliphatic carbocycles. The van der Waals surface area contributed by atoms with Crippen molar-refractivity contribution in [2.24, 2.45) is 11.8 Å². The lowest BCUT2D eigenvalue weighted by molar-refractivity contribution is 0.612. The van der Waals surface area contributed by atoms with Crippen LogP contribution >= 0.6 is 12.6 Å². The van der Waals surface area contributed by atoms with Gasteiger partial charge in [-0.2, -0.15) is 12.6 Å².